The summed E-state index contributed by atoms with van der Waals surface area (Å²) >= 11 is 1.72. The third-order valence-electron chi connectivity index (χ3n) is 3.67. The van der Waals surface area contributed by atoms with Gasteiger partial charge in [0, 0.05) is 19.3 Å². The molecule has 0 aromatic carbocycles. The fourth-order valence-electron chi connectivity index (χ4n) is 2.15. The molecule has 0 aromatic heterocycles. The first-order valence-electron chi connectivity index (χ1n) is 6.00. The predicted molar refractivity (Wildman–Crippen MR) is 66.8 cm³/mol. The smallest absolute Gasteiger partial charge is 0.306 e. The second-order valence-electron chi connectivity index (χ2n) is 5.10. The van der Waals surface area contributed by atoms with Gasteiger partial charge in [0.1, 0.15) is 0 Å². The molecular formula is C12H19NO3S. The molecule has 2 aliphatic rings. The van der Waals surface area contributed by atoms with Crippen molar-refractivity contribution in [1.29, 1.82) is 0 Å². The molecule has 0 radical (unpaired) electrons. The highest BCUT2D eigenvalue weighted by Gasteiger charge is 2.45. The quantitative estimate of drug-likeness (QED) is 0.696. The highest BCUT2D eigenvalue weighted by molar-refractivity contribution is 8.00. The topological polar surface area (TPSA) is 46.6 Å². The van der Waals surface area contributed by atoms with Gasteiger partial charge in [-0.1, -0.05) is 0 Å². The van der Waals surface area contributed by atoms with Gasteiger partial charge >= 0.3 is 5.97 Å². The van der Waals surface area contributed by atoms with Gasteiger partial charge in [-0.15, -0.1) is 11.8 Å². The standard InChI is InChI=1S/C12H19NO3S/c1-13-6-3-9(11(13)15)17-8-12(4-5-12)7-10(14)16-2/h9H,3-8H2,1-2H3. The molecule has 0 N–H and O–H groups in total. The molecule has 1 unspecified atom stereocenters. The first-order valence-corrected chi connectivity index (χ1v) is 7.05. The molecule has 4 nitrogen and oxygen atoms in total. The van der Waals surface area contributed by atoms with E-state index < -0.39 is 0 Å². The van der Waals surface area contributed by atoms with E-state index in [-0.39, 0.29) is 22.5 Å². The molecule has 1 heterocycles. The number of methoxy groups -OCH3 is 1. The first-order chi connectivity index (χ1) is 8.06. The van der Waals surface area contributed by atoms with Crippen molar-refractivity contribution >= 4 is 23.6 Å². The third-order valence-corrected chi connectivity index (χ3v) is 5.29. The SMILES string of the molecule is COC(=O)CC1(CSC2CCN(C)C2=O)CC1. The normalized spacial score (nSPS) is 26.1. The minimum absolute atomic E-state index is 0.107. The molecule has 0 spiro atoms. The highest BCUT2D eigenvalue weighted by Crippen LogP contribution is 2.52. The maximum absolute atomic E-state index is 11.7. The number of hydrogen-bond acceptors (Lipinski definition) is 4. The van der Waals surface area contributed by atoms with Crippen LogP contribution in [0, 0.1) is 5.41 Å². The van der Waals surface area contributed by atoms with Crippen LogP contribution in [0.2, 0.25) is 0 Å². The van der Waals surface area contributed by atoms with Crippen molar-refractivity contribution in [3.05, 3.63) is 0 Å². The lowest BCUT2D eigenvalue weighted by atomic mass is 10.1. The zero-order chi connectivity index (χ0) is 12.5. The summed E-state index contributed by atoms with van der Waals surface area (Å²) in [6.45, 7) is 0.862. The van der Waals surface area contributed by atoms with E-state index in [2.05, 4.69) is 0 Å². The number of amides is 1. The number of hydrogen-bond donors (Lipinski definition) is 0. The van der Waals surface area contributed by atoms with Crippen LogP contribution in [0.25, 0.3) is 0 Å². The van der Waals surface area contributed by atoms with Crippen LogP contribution in [-0.2, 0) is 14.3 Å². The van der Waals surface area contributed by atoms with E-state index in [1.807, 2.05) is 7.05 Å². The molecule has 1 saturated heterocycles. The fourth-order valence-corrected chi connectivity index (χ4v) is 3.69. The molecule has 1 aliphatic carbocycles. The minimum atomic E-state index is -0.127. The highest BCUT2D eigenvalue weighted by atomic mass is 32.2. The average Bonchev–Trinajstić information content (AvgIpc) is 3.00. The van der Waals surface area contributed by atoms with Gasteiger partial charge in [-0.3, -0.25) is 9.59 Å². The summed E-state index contributed by atoms with van der Waals surface area (Å²) in [5.41, 5.74) is 0.124. The molecule has 2 fully saturated rings. The lowest BCUT2D eigenvalue weighted by molar-refractivity contribution is -0.141. The van der Waals surface area contributed by atoms with Crippen LogP contribution in [0.1, 0.15) is 25.7 Å². The van der Waals surface area contributed by atoms with E-state index in [4.69, 9.17) is 4.74 Å². The maximum Gasteiger partial charge on any atom is 0.306 e. The number of rotatable bonds is 5. The molecular weight excluding hydrogens is 238 g/mol. The van der Waals surface area contributed by atoms with Crippen molar-refractivity contribution < 1.29 is 14.3 Å². The largest absolute Gasteiger partial charge is 0.469 e. The number of carbonyl (C=O) groups excluding carboxylic acids is 2. The summed E-state index contributed by atoms with van der Waals surface area (Å²) in [6, 6.07) is 0. The Morgan fingerprint density at radius 2 is 2.29 bits per heavy atom. The second kappa shape index (κ2) is 4.88. The van der Waals surface area contributed by atoms with Gasteiger partial charge in [0.05, 0.1) is 18.8 Å². The molecule has 17 heavy (non-hydrogen) atoms. The molecule has 1 saturated carbocycles. The zero-order valence-electron chi connectivity index (χ0n) is 10.4. The molecule has 96 valence electrons. The summed E-state index contributed by atoms with van der Waals surface area (Å²) in [5.74, 6) is 1.02. The van der Waals surface area contributed by atoms with Crippen LogP contribution >= 0.6 is 11.8 Å². The van der Waals surface area contributed by atoms with Crippen molar-refractivity contribution in [3.8, 4) is 0 Å². The zero-order valence-corrected chi connectivity index (χ0v) is 11.2. The Hall–Kier alpha value is -0.710. The predicted octanol–water partition coefficient (Wildman–Crippen LogP) is 1.29. The molecule has 1 amide bonds. The second-order valence-corrected chi connectivity index (χ2v) is 6.29. The van der Waals surface area contributed by atoms with E-state index >= 15 is 0 Å². The van der Waals surface area contributed by atoms with Gasteiger partial charge in [0.2, 0.25) is 5.91 Å². The Morgan fingerprint density at radius 1 is 1.59 bits per heavy atom. The molecule has 1 atom stereocenters. The van der Waals surface area contributed by atoms with Crippen LogP contribution in [0.4, 0.5) is 0 Å². The van der Waals surface area contributed by atoms with Crippen molar-refractivity contribution in [2.24, 2.45) is 5.41 Å². The van der Waals surface area contributed by atoms with Crippen molar-refractivity contribution in [1.82, 2.24) is 4.90 Å². The summed E-state index contributed by atoms with van der Waals surface area (Å²) < 4.78 is 4.71. The Morgan fingerprint density at radius 3 is 2.76 bits per heavy atom. The Labute approximate surface area is 106 Å². The van der Waals surface area contributed by atoms with Crippen molar-refractivity contribution in [2.75, 3.05) is 26.5 Å². The lowest BCUT2D eigenvalue weighted by Crippen LogP contribution is -2.25. The van der Waals surface area contributed by atoms with Crippen molar-refractivity contribution in [2.45, 2.75) is 30.9 Å². The van der Waals surface area contributed by atoms with Crippen LogP contribution in [0.15, 0.2) is 0 Å². The van der Waals surface area contributed by atoms with Gasteiger partial charge in [0.15, 0.2) is 0 Å². The Kier molecular flexibility index (Phi) is 3.66. The first kappa shape index (κ1) is 12.7. The number of thioether (sulfide) groups is 1. The molecule has 0 aromatic rings. The Bertz CT molecular complexity index is 328. The van der Waals surface area contributed by atoms with E-state index in [0.717, 1.165) is 31.6 Å². The number of likely N-dealkylation sites (tertiary alicyclic amines) is 1. The average molecular weight is 257 g/mol. The van der Waals surface area contributed by atoms with Crippen LogP contribution in [0.3, 0.4) is 0 Å². The van der Waals surface area contributed by atoms with Gasteiger partial charge in [-0.25, -0.2) is 0 Å². The Balaban J connectivity index is 1.78. The summed E-state index contributed by atoms with van der Waals surface area (Å²) in [7, 11) is 3.28. The van der Waals surface area contributed by atoms with E-state index in [1.165, 1.54) is 7.11 Å². The van der Waals surface area contributed by atoms with Crippen LogP contribution in [-0.4, -0.2) is 48.5 Å². The minimum Gasteiger partial charge on any atom is -0.469 e. The molecule has 5 heteroatoms. The maximum atomic E-state index is 11.7. The monoisotopic (exact) mass is 257 g/mol. The molecule has 0 bridgehead atoms. The van der Waals surface area contributed by atoms with E-state index in [1.54, 1.807) is 16.7 Å². The van der Waals surface area contributed by atoms with E-state index in [0.29, 0.717) is 6.42 Å². The van der Waals surface area contributed by atoms with Crippen molar-refractivity contribution in [3.63, 3.8) is 0 Å². The van der Waals surface area contributed by atoms with E-state index in [9.17, 15) is 9.59 Å². The molecule has 1 aliphatic heterocycles. The van der Waals surface area contributed by atoms with Gasteiger partial charge in [0.25, 0.3) is 0 Å². The van der Waals surface area contributed by atoms with Gasteiger partial charge < -0.3 is 9.64 Å². The number of carbonyl (C=O) groups is 2. The summed E-state index contributed by atoms with van der Waals surface area (Å²) in [6.07, 6.45) is 3.62. The lowest BCUT2D eigenvalue weighted by Gasteiger charge is -2.15. The van der Waals surface area contributed by atoms with Gasteiger partial charge in [-0.2, -0.15) is 0 Å². The number of ether oxygens (including phenoxy) is 1. The molecule has 2 rings (SSSR count). The third kappa shape index (κ3) is 2.94. The number of esters is 1. The van der Waals surface area contributed by atoms with Crippen LogP contribution < -0.4 is 0 Å². The fraction of sp³-hybridized carbons (Fsp3) is 0.833. The summed E-state index contributed by atoms with van der Waals surface area (Å²) in [5, 5.41) is 0.107. The summed E-state index contributed by atoms with van der Waals surface area (Å²) in [4.78, 5) is 24.8. The van der Waals surface area contributed by atoms with Crippen LogP contribution in [0.5, 0.6) is 0 Å². The number of nitrogens with zero attached hydrogens (tertiary/aromatic N) is 1. The van der Waals surface area contributed by atoms with Gasteiger partial charge in [-0.05, 0) is 24.7 Å².